The van der Waals surface area contributed by atoms with Gasteiger partial charge in [0.15, 0.2) is 0 Å². The third-order valence-corrected chi connectivity index (χ3v) is 5.40. The van der Waals surface area contributed by atoms with Gasteiger partial charge >= 0.3 is 0 Å². The molecule has 2 aromatic rings. The molecule has 1 amide bonds. The fourth-order valence-corrected chi connectivity index (χ4v) is 3.65. The zero-order chi connectivity index (χ0) is 14.7. The van der Waals surface area contributed by atoms with E-state index in [0.717, 1.165) is 19.9 Å². The molecule has 2 heterocycles. The lowest BCUT2D eigenvalue weighted by Gasteiger charge is -2.10. The molecule has 0 radical (unpaired) electrons. The molecule has 108 valence electrons. The smallest absolute Gasteiger partial charge is 0.263 e. The number of nitrogens with one attached hydrogen (secondary N) is 2. The highest BCUT2D eigenvalue weighted by atomic mass is 35.5. The molecule has 0 aromatic carbocycles. The molecule has 20 heavy (non-hydrogen) atoms. The fraction of sp³-hybridized carbons (Fsp3) is 0.385. The molecule has 2 aromatic heterocycles. The summed E-state index contributed by atoms with van der Waals surface area (Å²) >= 11 is 8.80. The Bertz CT molecular complexity index is 609. The van der Waals surface area contributed by atoms with Crippen LogP contribution < -0.4 is 10.6 Å². The summed E-state index contributed by atoms with van der Waals surface area (Å²) < 4.78 is 0.724. The summed E-state index contributed by atoms with van der Waals surface area (Å²) in [4.78, 5) is 18.3. The molecular formula is C13H16ClN3OS2. The van der Waals surface area contributed by atoms with Crippen LogP contribution in [0.4, 0.5) is 0 Å². The van der Waals surface area contributed by atoms with Gasteiger partial charge in [-0.05, 0) is 33.0 Å². The first kappa shape index (κ1) is 15.4. The van der Waals surface area contributed by atoms with Gasteiger partial charge in [0, 0.05) is 12.6 Å². The van der Waals surface area contributed by atoms with Gasteiger partial charge in [0.25, 0.3) is 5.91 Å². The van der Waals surface area contributed by atoms with Gasteiger partial charge in [0.1, 0.15) is 9.88 Å². The van der Waals surface area contributed by atoms with Crippen LogP contribution in [-0.4, -0.2) is 30.5 Å². The fourth-order valence-electron chi connectivity index (χ4n) is 1.57. The first-order chi connectivity index (χ1) is 9.51. The maximum Gasteiger partial charge on any atom is 0.263 e. The molecule has 7 heteroatoms. The maximum absolute atomic E-state index is 12.1. The average molecular weight is 330 g/mol. The third-order valence-electron chi connectivity index (χ3n) is 2.85. The lowest BCUT2D eigenvalue weighted by molar-refractivity contribution is 0.0954. The Hall–Kier alpha value is -0.950. The van der Waals surface area contributed by atoms with Crippen molar-refractivity contribution in [2.75, 3.05) is 13.6 Å². The Balaban J connectivity index is 2.13. The van der Waals surface area contributed by atoms with E-state index in [4.69, 9.17) is 11.6 Å². The average Bonchev–Trinajstić information content (AvgIpc) is 3.01. The lowest BCUT2D eigenvalue weighted by Crippen LogP contribution is -2.37. The third kappa shape index (κ3) is 3.58. The predicted octanol–water partition coefficient (Wildman–Crippen LogP) is 3.17. The Kier molecular flexibility index (Phi) is 5.15. The lowest BCUT2D eigenvalue weighted by atomic mass is 10.3. The summed E-state index contributed by atoms with van der Waals surface area (Å²) in [6, 6.07) is 4.01. The van der Waals surface area contributed by atoms with Crippen molar-refractivity contribution in [3.63, 3.8) is 0 Å². The zero-order valence-corrected chi connectivity index (χ0v) is 13.9. The monoisotopic (exact) mass is 329 g/mol. The summed E-state index contributed by atoms with van der Waals surface area (Å²) in [5, 5.41) is 6.83. The molecule has 0 aliphatic heterocycles. The van der Waals surface area contributed by atoms with Crippen molar-refractivity contribution in [3.8, 4) is 9.88 Å². The van der Waals surface area contributed by atoms with Crippen LogP contribution in [0.5, 0.6) is 0 Å². The van der Waals surface area contributed by atoms with Gasteiger partial charge in [-0.25, -0.2) is 4.98 Å². The Morgan fingerprint density at radius 2 is 2.20 bits per heavy atom. The highest BCUT2D eigenvalue weighted by molar-refractivity contribution is 7.24. The molecule has 0 saturated heterocycles. The maximum atomic E-state index is 12.1. The number of amides is 1. The van der Waals surface area contributed by atoms with E-state index in [1.54, 1.807) is 0 Å². The number of likely N-dealkylation sites (N-methyl/N-ethyl adjacent to an activating group) is 1. The van der Waals surface area contributed by atoms with Crippen molar-refractivity contribution in [1.29, 1.82) is 0 Å². The molecule has 2 rings (SSSR count). The van der Waals surface area contributed by atoms with Crippen molar-refractivity contribution in [2.24, 2.45) is 0 Å². The minimum atomic E-state index is -0.0731. The Labute approximate surface area is 131 Å². The molecule has 4 nitrogen and oxygen atoms in total. The normalized spacial score (nSPS) is 12.4. The number of hydrogen-bond acceptors (Lipinski definition) is 5. The SMILES string of the molecule is CNC(C)CNC(=O)c1sc(-c2ccc(Cl)s2)nc1C. The molecule has 0 aliphatic carbocycles. The number of aromatic nitrogens is 1. The number of thiazole rings is 1. The quantitative estimate of drug-likeness (QED) is 0.886. The first-order valence-electron chi connectivity index (χ1n) is 6.20. The van der Waals surface area contributed by atoms with Crippen molar-refractivity contribution < 1.29 is 4.79 Å². The molecule has 1 atom stereocenters. The summed E-state index contributed by atoms with van der Waals surface area (Å²) in [6.07, 6.45) is 0. The number of rotatable bonds is 5. The number of aryl methyl sites for hydroxylation is 1. The van der Waals surface area contributed by atoms with E-state index >= 15 is 0 Å². The number of nitrogens with zero attached hydrogens (tertiary/aromatic N) is 1. The second-order valence-electron chi connectivity index (χ2n) is 4.44. The largest absolute Gasteiger partial charge is 0.350 e. The Morgan fingerprint density at radius 1 is 1.45 bits per heavy atom. The first-order valence-corrected chi connectivity index (χ1v) is 8.21. The number of carbonyl (C=O) groups excluding carboxylic acids is 1. The number of thiophene rings is 1. The molecule has 0 spiro atoms. The van der Waals surface area contributed by atoms with Crippen LogP contribution in [0.25, 0.3) is 9.88 Å². The second-order valence-corrected chi connectivity index (χ2v) is 7.15. The molecule has 0 fully saturated rings. The van der Waals surface area contributed by atoms with E-state index in [0.29, 0.717) is 11.4 Å². The molecule has 0 aliphatic rings. The predicted molar refractivity (Wildman–Crippen MR) is 86.0 cm³/mol. The van der Waals surface area contributed by atoms with E-state index in [9.17, 15) is 4.79 Å². The van der Waals surface area contributed by atoms with E-state index in [-0.39, 0.29) is 11.9 Å². The molecular weight excluding hydrogens is 314 g/mol. The number of carbonyl (C=O) groups is 1. The van der Waals surface area contributed by atoms with Crippen LogP contribution >= 0.6 is 34.3 Å². The van der Waals surface area contributed by atoms with Crippen molar-refractivity contribution >= 4 is 40.2 Å². The van der Waals surface area contributed by atoms with Gasteiger partial charge in [-0.15, -0.1) is 22.7 Å². The topological polar surface area (TPSA) is 54.0 Å². The standard InChI is InChI=1S/C13H16ClN3OS2/c1-7(15-3)6-16-12(18)11-8(2)17-13(20-11)9-4-5-10(14)19-9/h4-5,7,15H,6H2,1-3H3,(H,16,18). The molecule has 0 bridgehead atoms. The Morgan fingerprint density at radius 3 is 2.80 bits per heavy atom. The summed E-state index contributed by atoms with van der Waals surface area (Å²) in [5.41, 5.74) is 0.754. The van der Waals surface area contributed by atoms with Crippen molar-refractivity contribution in [2.45, 2.75) is 19.9 Å². The van der Waals surface area contributed by atoms with E-state index in [1.165, 1.54) is 22.7 Å². The van der Waals surface area contributed by atoms with E-state index in [2.05, 4.69) is 15.6 Å². The zero-order valence-electron chi connectivity index (χ0n) is 11.5. The summed E-state index contributed by atoms with van der Waals surface area (Å²) in [5.74, 6) is -0.0731. The van der Waals surface area contributed by atoms with Crippen LogP contribution in [0.15, 0.2) is 12.1 Å². The minimum Gasteiger partial charge on any atom is -0.350 e. The van der Waals surface area contributed by atoms with Gasteiger partial charge in [-0.1, -0.05) is 11.6 Å². The number of hydrogen-bond donors (Lipinski definition) is 2. The van der Waals surface area contributed by atoms with Crippen molar-refractivity contribution in [3.05, 3.63) is 27.0 Å². The minimum absolute atomic E-state index is 0.0731. The van der Waals surface area contributed by atoms with Crippen LogP contribution in [-0.2, 0) is 0 Å². The van der Waals surface area contributed by atoms with Crippen LogP contribution in [0.1, 0.15) is 22.3 Å². The number of halogens is 1. The van der Waals surface area contributed by atoms with Crippen molar-refractivity contribution in [1.82, 2.24) is 15.6 Å². The molecule has 2 N–H and O–H groups in total. The van der Waals surface area contributed by atoms with Gasteiger partial charge < -0.3 is 10.6 Å². The molecule has 1 unspecified atom stereocenters. The molecule has 0 saturated carbocycles. The highest BCUT2D eigenvalue weighted by Gasteiger charge is 2.17. The van der Waals surface area contributed by atoms with Crippen LogP contribution in [0.2, 0.25) is 4.34 Å². The van der Waals surface area contributed by atoms with Gasteiger partial charge in [-0.3, -0.25) is 4.79 Å². The van der Waals surface area contributed by atoms with Crippen LogP contribution in [0, 0.1) is 6.92 Å². The summed E-state index contributed by atoms with van der Waals surface area (Å²) in [6.45, 7) is 4.46. The van der Waals surface area contributed by atoms with E-state index < -0.39 is 0 Å². The van der Waals surface area contributed by atoms with Gasteiger partial charge in [0.05, 0.1) is 14.9 Å². The van der Waals surface area contributed by atoms with Gasteiger partial charge in [0.2, 0.25) is 0 Å². The highest BCUT2D eigenvalue weighted by Crippen LogP contribution is 2.34. The summed E-state index contributed by atoms with van der Waals surface area (Å²) in [7, 11) is 1.87. The van der Waals surface area contributed by atoms with E-state index in [1.807, 2.05) is 33.0 Å². The van der Waals surface area contributed by atoms with Gasteiger partial charge in [-0.2, -0.15) is 0 Å². The second kappa shape index (κ2) is 6.67. The van der Waals surface area contributed by atoms with Crippen LogP contribution in [0.3, 0.4) is 0 Å².